The molecule has 2 atom stereocenters. The molecule has 0 aliphatic carbocycles. The van der Waals surface area contributed by atoms with Crippen molar-refractivity contribution in [1.82, 2.24) is 5.32 Å². The fraction of sp³-hybridized carbons (Fsp3) is 0.900. The van der Waals surface area contributed by atoms with Crippen LogP contribution in [0.15, 0.2) is 0 Å². The number of carbonyl (C=O) groups is 1. The van der Waals surface area contributed by atoms with Gasteiger partial charge >= 0.3 is 0 Å². The zero-order valence-electron chi connectivity index (χ0n) is 9.99. The molecule has 0 saturated carbocycles. The highest BCUT2D eigenvalue weighted by atomic mass is 32.2. The molecule has 1 aliphatic heterocycles. The van der Waals surface area contributed by atoms with Crippen LogP contribution >= 0.6 is 0 Å². The molecule has 0 aromatic rings. The van der Waals surface area contributed by atoms with Gasteiger partial charge in [-0.2, -0.15) is 0 Å². The van der Waals surface area contributed by atoms with E-state index in [-0.39, 0.29) is 28.9 Å². The standard InChI is InChI=1S/C10H20N2O3S/c1-10(2,3)8(11)9(13)12-7-4-5-16(14,15)6-7/h7-8H,4-6,11H2,1-3H3,(H,12,13). The summed E-state index contributed by atoms with van der Waals surface area (Å²) < 4.78 is 22.4. The molecule has 5 nitrogen and oxygen atoms in total. The Morgan fingerprint density at radius 2 is 2.00 bits per heavy atom. The number of sulfone groups is 1. The van der Waals surface area contributed by atoms with Crippen molar-refractivity contribution in [3.63, 3.8) is 0 Å². The number of hydrogen-bond donors (Lipinski definition) is 2. The van der Waals surface area contributed by atoms with E-state index >= 15 is 0 Å². The molecule has 1 aliphatic rings. The van der Waals surface area contributed by atoms with Gasteiger partial charge in [0.25, 0.3) is 0 Å². The summed E-state index contributed by atoms with van der Waals surface area (Å²) in [5.41, 5.74) is 5.46. The van der Waals surface area contributed by atoms with E-state index in [2.05, 4.69) is 5.32 Å². The molecule has 1 heterocycles. The van der Waals surface area contributed by atoms with Crippen molar-refractivity contribution in [2.45, 2.75) is 39.3 Å². The molecule has 0 bridgehead atoms. The Balaban J connectivity index is 2.54. The third-order valence-electron chi connectivity index (χ3n) is 2.79. The van der Waals surface area contributed by atoms with Crippen molar-refractivity contribution in [2.75, 3.05) is 11.5 Å². The second kappa shape index (κ2) is 4.33. The van der Waals surface area contributed by atoms with Crippen LogP contribution in [0.3, 0.4) is 0 Å². The van der Waals surface area contributed by atoms with Gasteiger partial charge in [0.05, 0.1) is 17.5 Å². The summed E-state index contributed by atoms with van der Waals surface area (Å²) in [5.74, 6) is -0.0761. The topological polar surface area (TPSA) is 89.3 Å². The number of nitrogens with one attached hydrogen (secondary N) is 1. The molecule has 6 heteroatoms. The van der Waals surface area contributed by atoms with E-state index in [1.807, 2.05) is 20.8 Å². The van der Waals surface area contributed by atoms with Crippen LogP contribution in [0.2, 0.25) is 0 Å². The Labute approximate surface area is 96.7 Å². The summed E-state index contributed by atoms with van der Waals surface area (Å²) in [4.78, 5) is 11.7. The summed E-state index contributed by atoms with van der Waals surface area (Å²) >= 11 is 0. The lowest BCUT2D eigenvalue weighted by Gasteiger charge is -2.27. The average Bonchev–Trinajstić information content (AvgIpc) is 2.42. The van der Waals surface area contributed by atoms with Gasteiger partial charge in [-0.25, -0.2) is 8.42 Å². The predicted molar refractivity (Wildman–Crippen MR) is 62.6 cm³/mol. The highest BCUT2D eigenvalue weighted by Crippen LogP contribution is 2.18. The van der Waals surface area contributed by atoms with E-state index in [4.69, 9.17) is 5.73 Å². The first-order valence-corrected chi connectivity index (χ1v) is 7.20. The van der Waals surface area contributed by atoms with E-state index in [1.165, 1.54) is 0 Å². The Morgan fingerprint density at radius 3 is 2.38 bits per heavy atom. The highest BCUT2D eigenvalue weighted by Gasteiger charge is 2.33. The van der Waals surface area contributed by atoms with Gasteiger partial charge in [0.1, 0.15) is 0 Å². The van der Waals surface area contributed by atoms with Crippen LogP contribution in [-0.4, -0.2) is 37.9 Å². The minimum atomic E-state index is -2.96. The molecular weight excluding hydrogens is 228 g/mol. The predicted octanol–water partition coefficient (Wildman–Crippen LogP) is -0.337. The molecule has 16 heavy (non-hydrogen) atoms. The fourth-order valence-corrected chi connectivity index (χ4v) is 3.27. The number of amides is 1. The Kier molecular flexibility index (Phi) is 3.64. The van der Waals surface area contributed by atoms with E-state index in [9.17, 15) is 13.2 Å². The van der Waals surface area contributed by atoms with Crippen LogP contribution in [0.4, 0.5) is 0 Å². The lowest BCUT2D eigenvalue weighted by molar-refractivity contribution is -0.125. The summed E-state index contributed by atoms with van der Waals surface area (Å²) in [5, 5.41) is 2.70. The van der Waals surface area contributed by atoms with Crippen molar-refractivity contribution in [2.24, 2.45) is 11.1 Å². The van der Waals surface area contributed by atoms with E-state index in [1.54, 1.807) is 0 Å². The third-order valence-corrected chi connectivity index (χ3v) is 4.56. The minimum Gasteiger partial charge on any atom is -0.351 e. The normalized spacial score (nSPS) is 26.4. The number of carbonyl (C=O) groups excluding carboxylic acids is 1. The second-order valence-corrected chi connectivity index (χ2v) is 7.68. The maximum atomic E-state index is 11.7. The van der Waals surface area contributed by atoms with Gasteiger partial charge in [0.15, 0.2) is 9.84 Å². The van der Waals surface area contributed by atoms with Gasteiger partial charge in [-0.15, -0.1) is 0 Å². The molecule has 1 rings (SSSR count). The first-order valence-electron chi connectivity index (χ1n) is 5.38. The summed E-state index contributed by atoms with van der Waals surface area (Å²) in [6, 6.07) is -0.887. The maximum absolute atomic E-state index is 11.7. The van der Waals surface area contributed by atoms with E-state index in [0.29, 0.717) is 6.42 Å². The fourth-order valence-electron chi connectivity index (χ4n) is 1.59. The molecule has 1 amide bonds. The monoisotopic (exact) mass is 248 g/mol. The minimum absolute atomic E-state index is 0.0373. The van der Waals surface area contributed by atoms with E-state index in [0.717, 1.165) is 0 Å². The quantitative estimate of drug-likeness (QED) is 0.700. The van der Waals surface area contributed by atoms with Crippen LogP contribution in [0, 0.1) is 5.41 Å². The zero-order valence-corrected chi connectivity index (χ0v) is 10.8. The van der Waals surface area contributed by atoms with Crippen LogP contribution < -0.4 is 11.1 Å². The lowest BCUT2D eigenvalue weighted by atomic mass is 9.87. The van der Waals surface area contributed by atoms with E-state index < -0.39 is 15.9 Å². The van der Waals surface area contributed by atoms with Crippen molar-refractivity contribution in [3.05, 3.63) is 0 Å². The average molecular weight is 248 g/mol. The van der Waals surface area contributed by atoms with Crippen molar-refractivity contribution in [3.8, 4) is 0 Å². The third kappa shape index (κ3) is 3.45. The number of rotatable bonds is 2. The van der Waals surface area contributed by atoms with Gasteiger partial charge in [-0.3, -0.25) is 4.79 Å². The molecule has 0 aromatic carbocycles. The van der Waals surface area contributed by atoms with Crippen LogP contribution in [0.5, 0.6) is 0 Å². The molecule has 2 unspecified atom stereocenters. The molecule has 3 N–H and O–H groups in total. The van der Waals surface area contributed by atoms with Crippen LogP contribution in [-0.2, 0) is 14.6 Å². The Bertz CT molecular complexity index is 370. The summed E-state index contributed by atoms with van der Waals surface area (Å²) in [6.45, 7) is 5.63. The Morgan fingerprint density at radius 1 is 1.44 bits per heavy atom. The molecule has 94 valence electrons. The first-order chi connectivity index (χ1) is 7.12. The SMILES string of the molecule is CC(C)(C)C(N)C(=O)NC1CCS(=O)(=O)C1. The maximum Gasteiger partial charge on any atom is 0.237 e. The largest absolute Gasteiger partial charge is 0.351 e. The van der Waals surface area contributed by atoms with Gasteiger partial charge in [0, 0.05) is 6.04 Å². The molecular formula is C10H20N2O3S. The van der Waals surface area contributed by atoms with Gasteiger partial charge in [0.2, 0.25) is 5.91 Å². The van der Waals surface area contributed by atoms with Crippen molar-refractivity contribution < 1.29 is 13.2 Å². The smallest absolute Gasteiger partial charge is 0.237 e. The Hall–Kier alpha value is -0.620. The highest BCUT2D eigenvalue weighted by molar-refractivity contribution is 7.91. The summed E-state index contributed by atoms with van der Waals surface area (Å²) in [7, 11) is -2.96. The van der Waals surface area contributed by atoms with Crippen LogP contribution in [0.1, 0.15) is 27.2 Å². The molecule has 1 saturated heterocycles. The van der Waals surface area contributed by atoms with Crippen molar-refractivity contribution in [1.29, 1.82) is 0 Å². The lowest BCUT2D eigenvalue weighted by Crippen LogP contribution is -2.51. The molecule has 0 radical (unpaired) electrons. The second-order valence-electron chi connectivity index (χ2n) is 5.45. The van der Waals surface area contributed by atoms with Gasteiger partial charge in [-0.1, -0.05) is 20.8 Å². The van der Waals surface area contributed by atoms with Crippen LogP contribution in [0.25, 0.3) is 0 Å². The molecule has 1 fully saturated rings. The zero-order chi connectivity index (χ0) is 12.6. The van der Waals surface area contributed by atoms with Crippen molar-refractivity contribution >= 4 is 15.7 Å². The van der Waals surface area contributed by atoms with Gasteiger partial charge < -0.3 is 11.1 Å². The van der Waals surface area contributed by atoms with Gasteiger partial charge in [-0.05, 0) is 11.8 Å². The molecule has 0 spiro atoms. The first kappa shape index (κ1) is 13.4. The number of hydrogen-bond acceptors (Lipinski definition) is 4. The summed E-state index contributed by atoms with van der Waals surface area (Å²) in [6.07, 6.45) is 0.491. The number of nitrogens with two attached hydrogens (primary N) is 1. The molecule has 0 aromatic heterocycles.